The summed E-state index contributed by atoms with van der Waals surface area (Å²) in [6, 6.07) is 14.9. The number of nitrogens with zero attached hydrogens (tertiary/aromatic N) is 2. The van der Waals surface area contributed by atoms with E-state index in [-0.39, 0.29) is 11.7 Å². The van der Waals surface area contributed by atoms with Crippen molar-refractivity contribution in [3.63, 3.8) is 0 Å². The van der Waals surface area contributed by atoms with Crippen LogP contribution in [0.15, 0.2) is 72.1 Å². The van der Waals surface area contributed by atoms with Crippen molar-refractivity contribution in [3.8, 4) is 17.2 Å². The molecule has 0 atom stereocenters. The van der Waals surface area contributed by atoms with Crippen molar-refractivity contribution >= 4 is 18.1 Å². The van der Waals surface area contributed by atoms with Crippen LogP contribution in [0.4, 0.5) is 0 Å². The molecule has 3 aromatic rings. The lowest BCUT2D eigenvalue weighted by Crippen LogP contribution is -2.17. The van der Waals surface area contributed by atoms with Crippen LogP contribution in [0.3, 0.4) is 0 Å². The third-order valence-electron chi connectivity index (χ3n) is 4.19. The third kappa shape index (κ3) is 6.15. The van der Waals surface area contributed by atoms with E-state index < -0.39 is 5.97 Å². The van der Waals surface area contributed by atoms with Crippen molar-refractivity contribution in [2.24, 2.45) is 5.10 Å². The van der Waals surface area contributed by atoms with E-state index in [0.717, 1.165) is 0 Å². The van der Waals surface area contributed by atoms with Gasteiger partial charge in [-0.3, -0.25) is 9.78 Å². The lowest BCUT2D eigenvalue weighted by Gasteiger charge is -2.11. The van der Waals surface area contributed by atoms with Crippen molar-refractivity contribution in [3.05, 3.63) is 83.7 Å². The number of amides is 1. The van der Waals surface area contributed by atoms with Gasteiger partial charge in [0.2, 0.25) is 0 Å². The second-order valence-corrected chi connectivity index (χ2v) is 6.42. The Labute approximate surface area is 185 Å². The average molecular weight is 433 g/mol. The molecular weight excluding hydrogens is 410 g/mol. The minimum Gasteiger partial charge on any atom is -0.494 e. The van der Waals surface area contributed by atoms with Gasteiger partial charge in [0.05, 0.1) is 25.0 Å². The van der Waals surface area contributed by atoms with Gasteiger partial charge >= 0.3 is 5.97 Å². The predicted molar refractivity (Wildman–Crippen MR) is 119 cm³/mol. The van der Waals surface area contributed by atoms with E-state index in [1.165, 1.54) is 18.6 Å². The Hall–Kier alpha value is -4.20. The number of rotatable bonds is 9. The lowest BCUT2D eigenvalue weighted by molar-refractivity contribution is 0.0728. The molecule has 0 fully saturated rings. The number of carbonyl (C=O) groups excluding carboxylic acids is 2. The summed E-state index contributed by atoms with van der Waals surface area (Å²) >= 11 is 0. The maximum absolute atomic E-state index is 12.5. The molecule has 0 aliphatic heterocycles. The van der Waals surface area contributed by atoms with Crippen LogP contribution in [-0.4, -0.2) is 36.3 Å². The monoisotopic (exact) mass is 433 g/mol. The molecular formula is C24H23N3O5. The highest BCUT2D eigenvalue weighted by Crippen LogP contribution is 2.29. The van der Waals surface area contributed by atoms with E-state index in [0.29, 0.717) is 41.4 Å². The number of esters is 1. The molecule has 8 nitrogen and oxygen atoms in total. The van der Waals surface area contributed by atoms with E-state index in [1.54, 1.807) is 54.6 Å². The normalized spacial score (nSPS) is 10.6. The Balaban J connectivity index is 1.68. The average Bonchev–Trinajstić information content (AvgIpc) is 2.82. The molecule has 0 unspecified atom stereocenters. The van der Waals surface area contributed by atoms with Gasteiger partial charge in [-0.15, -0.1) is 0 Å². The Morgan fingerprint density at radius 1 is 0.906 bits per heavy atom. The summed E-state index contributed by atoms with van der Waals surface area (Å²) in [4.78, 5) is 28.4. The first-order valence-corrected chi connectivity index (χ1v) is 10.1. The first kappa shape index (κ1) is 22.5. The fourth-order valence-corrected chi connectivity index (χ4v) is 2.70. The molecule has 3 rings (SSSR count). The fraction of sp³-hybridized carbons (Fsp3) is 0.167. The van der Waals surface area contributed by atoms with Crippen LogP contribution < -0.4 is 19.6 Å². The summed E-state index contributed by atoms with van der Waals surface area (Å²) in [7, 11) is 0. The van der Waals surface area contributed by atoms with Crippen LogP contribution >= 0.6 is 0 Å². The topological polar surface area (TPSA) is 99.1 Å². The van der Waals surface area contributed by atoms with Gasteiger partial charge in [0, 0.05) is 18.0 Å². The zero-order valence-corrected chi connectivity index (χ0v) is 17.8. The van der Waals surface area contributed by atoms with Crippen molar-refractivity contribution in [2.45, 2.75) is 13.8 Å². The fourth-order valence-electron chi connectivity index (χ4n) is 2.70. The molecule has 0 aliphatic rings. The Morgan fingerprint density at radius 2 is 1.62 bits per heavy atom. The molecule has 0 bridgehead atoms. The minimum atomic E-state index is -0.514. The number of hydrogen-bond acceptors (Lipinski definition) is 7. The van der Waals surface area contributed by atoms with E-state index in [4.69, 9.17) is 14.2 Å². The maximum atomic E-state index is 12.5. The summed E-state index contributed by atoms with van der Waals surface area (Å²) in [5.74, 6) is 0.480. The summed E-state index contributed by atoms with van der Waals surface area (Å²) in [6.45, 7) is 4.64. The van der Waals surface area contributed by atoms with Gasteiger partial charge in [-0.25, -0.2) is 10.2 Å². The Kier molecular flexibility index (Phi) is 7.91. The van der Waals surface area contributed by atoms with Crippen LogP contribution in [-0.2, 0) is 0 Å². The smallest absolute Gasteiger partial charge is 0.343 e. The number of hydrazone groups is 1. The molecule has 32 heavy (non-hydrogen) atoms. The molecule has 0 saturated heterocycles. The van der Waals surface area contributed by atoms with Gasteiger partial charge in [0.15, 0.2) is 11.5 Å². The zero-order chi connectivity index (χ0) is 22.8. The molecule has 1 amide bonds. The molecule has 2 aromatic carbocycles. The summed E-state index contributed by atoms with van der Waals surface area (Å²) in [5, 5.41) is 3.96. The number of hydrogen-bond donors (Lipinski definition) is 1. The first-order chi connectivity index (χ1) is 15.6. The molecule has 8 heteroatoms. The molecule has 1 aromatic heterocycles. The van der Waals surface area contributed by atoms with Gasteiger partial charge in [-0.05, 0) is 74.0 Å². The van der Waals surface area contributed by atoms with Gasteiger partial charge in [-0.1, -0.05) is 0 Å². The molecule has 164 valence electrons. The van der Waals surface area contributed by atoms with Crippen LogP contribution in [0.25, 0.3) is 0 Å². The van der Waals surface area contributed by atoms with Crippen molar-refractivity contribution < 1.29 is 23.8 Å². The number of nitrogens with one attached hydrogen (secondary N) is 1. The third-order valence-corrected chi connectivity index (χ3v) is 4.19. The second kappa shape index (κ2) is 11.3. The molecule has 0 saturated carbocycles. The highest BCUT2D eigenvalue weighted by Gasteiger charge is 2.13. The predicted octanol–water partition coefficient (Wildman–Crippen LogP) is 3.86. The Morgan fingerprint density at radius 3 is 2.31 bits per heavy atom. The molecule has 1 N–H and O–H groups in total. The molecule has 1 heterocycles. The van der Waals surface area contributed by atoms with Crippen molar-refractivity contribution in [1.82, 2.24) is 10.4 Å². The molecule has 0 aliphatic carbocycles. The number of benzene rings is 2. The molecule has 0 radical (unpaired) electrons. The minimum absolute atomic E-state index is 0.281. The second-order valence-electron chi connectivity index (χ2n) is 6.42. The van der Waals surface area contributed by atoms with Crippen LogP contribution in [0.2, 0.25) is 0 Å². The van der Waals surface area contributed by atoms with Gasteiger partial charge in [0.25, 0.3) is 5.91 Å². The van der Waals surface area contributed by atoms with E-state index in [1.807, 2.05) is 13.8 Å². The van der Waals surface area contributed by atoms with Crippen LogP contribution in [0.1, 0.15) is 40.1 Å². The number of carbonyl (C=O) groups is 2. The SMILES string of the molecule is CCOc1ccc(C(=O)Oc2ccc(C=NNC(=O)c3ccncc3)cc2OCC)cc1. The lowest BCUT2D eigenvalue weighted by atomic mass is 10.2. The van der Waals surface area contributed by atoms with Gasteiger partial charge in [-0.2, -0.15) is 5.10 Å². The van der Waals surface area contributed by atoms with Crippen molar-refractivity contribution in [1.29, 1.82) is 0 Å². The van der Waals surface area contributed by atoms with E-state index in [2.05, 4.69) is 15.5 Å². The highest BCUT2D eigenvalue weighted by molar-refractivity contribution is 5.95. The number of pyridine rings is 1. The molecule has 0 spiro atoms. The summed E-state index contributed by atoms with van der Waals surface area (Å²) in [6.07, 6.45) is 4.53. The van der Waals surface area contributed by atoms with E-state index >= 15 is 0 Å². The quantitative estimate of drug-likeness (QED) is 0.238. The number of ether oxygens (including phenoxy) is 3. The first-order valence-electron chi connectivity index (χ1n) is 10.1. The van der Waals surface area contributed by atoms with E-state index in [9.17, 15) is 9.59 Å². The highest BCUT2D eigenvalue weighted by atomic mass is 16.6. The van der Waals surface area contributed by atoms with Crippen LogP contribution in [0, 0.1) is 0 Å². The summed E-state index contributed by atoms with van der Waals surface area (Å²) in [5.41, 5.74) is 3.94. The standard InChI is InChI=1S/C24H23N3O5/c1-3-30-20-8-6-19(7-9-20)24(29)32-21-10-5-17(15-22(21)31-4-2)16-26-27-23(28)18-11-13-25-14-12-18/h5-16H,3-4H2,1-2H3,(H,27,28). The van der Waals surface area contributed by atoms with Gasteiger partial charge < -0.3 is 14.2 Å². The zero-order valence-electron chi connectivity index (χ0n) is 17.8. The van der Waals surface area contributed by atoms with Gasteiger partial charge in [0.1, 0.15) is 5.75 Å². The maximum Gasteiger partial charge on any atom is 0.343 e. The summed E-state index contributed by atoms with van der Waals surface area (Å²) < 4.78 is 16.5. The Bertz CT molecular complexity index is 1080. The van der Waals surface area contributed by atoms with Crippen LogP contribution in [0.5, 0.6) is 17.2 Å². The van der Waals surface area contributed by atoms with Crippen molar-refractivity contribution in [2.75, 3.05) is 13.2 Å². The number of aromatic nitrogens is 1. The largest absolute Gasteiger partial charge is 0.494 e.